The predicted molar refractivity (Wildman–Crippen MR) is 91.7 cm³/mol. The van der Waals surface area contributed by atoms with Crippen molar-refractivity contribution in [1.82, 2.24) is 0 Å². The summed E-state index contributed by atoms with van der Waals surface area (Å²) in [5.41, 5.74) is 1.60. The lowest BCUT2D eigenvalue weighted by Gasteiger charge is -2.11. The maximum absolute atomic E-state index is 14.0. The number of halogens is 4. The molecule has 1 atom stereocenters. The zero-order chi connectivity index (χ0) is 14.3. The van der Waals surface area contributed by atoms with Crippen LogP contribution in [0.4, 0.5) is 4.39 Å². The quantitative estimate of drug-likeness (QED) is 0.383. The van der Waals surface area contributed by atoms with Gasteiger partial charge in [0.1, 0.15) is 5.82 Å². The van der Waals surface area contributed by atoms with Gasteiger partial charge in [-0.3, -0.25) is 0 Å². The van der Waals surface area contributed by atoms with Crippen LogP contribution in [0.25, 0.3) is 10.1 Å². The minimum Gasteiger partial charge on any atom is -0.207 e. The Hall–Kier alpha value is -0.420. The summed E-state index contributed by atoms with van der Waals surface area (Å²) in [6.07, 6.45) is 0. The third-order valence-corrected chi connectivity index (χ3v) is 6.28. The van der Waals surface area contributed by atoms with Crippen molar-refractivity contribution in [2.24, 2.45) is 0 Å². The molecular formula is C15H8Br2ClFS. The molecule has 0 radical (unpaired) electrons. The van der Waals surface area contributed by atoms with E-state index in [0.29, 0.717) is 10.6 Å². The van der Waals surface area contributed by atoms with Gasteiger partial charge in [0, 0.05) is 19.8 Å². The van der Waals surface area contributed by atoms with E-state index in [1.165, 1.54) is 6.07 Å². The van der Waals surface area contributed by atoms with Crippen molar-refractivity contribution in [2.45, 2.75) is 4.83 Å². The second kappa shape index (κ2) is 5.76. The van der Waals surface area contributed by atoms with E-state index in [1.807, 2.05) is 18.2 Å². The first kappa shape index (κ1) is 14.5. The molecule has 0 N–H and O–H groups in total. The van der Waals surface area contributed by atoms with E-state index in [4.69, 9.17) is 11.6 Å². The van der Waals surface area contributed by atoms with E-state index in [0.717, 1.165) is 20.1 Å². The number of hydrogen-bond acceptors (Lipinski definition) is 1. The van der Waals surface area contributed by atoms with Gasteiger partial charge in [-0.05, 0) is 56.5 Å². The van der Waals surface area contributed by atoms with Crippen LogP contribution in [0.15, 0.2) is 46.3 Å². The van der Waals surface area contributed by atoms with Crippen LogP contribution in [0.5, 0.6) is 0 Å². The van der Waals surface area contributed by atoms with Gasteiger partial charge in [0.15, 0.2) is 0 Å². The average molecular weight is 435 g/mol. The molecule has 0 nitrogen and oxygen atoms in total. The summed E-state index contributed by atoms with van der Waals surface area (Å²) >= 11 is 14.8. The van der Waals surface area contributed by atoms with E-state index in [1.54, 1.807) is 23.5 Å². The van der Waals surface area contributed by atoms with Gasteiger partial charge in [-0.1, -0.05) is 39.7 Å². The first-order chi connectivity index (χ1) is 9.58. The Balaban J connectivity index is 2.15. The fourth-order valence-electron chi connectivity index (χ4n) is 2.11. The highest BCUT2D eigenvalue weighted by Crippen LogP contribution is 2.42. The molecule has 0 amide bonds. The Morgan fingerprint density at radius 2 is 1.95 bits per heavy atom. The van der Waals surface area contributed by atoms with Crippen LogP contribution in [0.3, 0.4) is 0 Å². The largest absolute Gasteiger partial charge is 0.207 e. The molecule has 5 heteroatoms. The maximum atomic E-state index is 14.0. The van der Waals surface area contributed by atoms with Crippen molar-refractivity contribution >= 4 is 64.9 Å². The molecule has 0 aliphatic heterocycles. The molecule has 1 unspecified atom stereocenters. The topological polar surface area (TPSA) is 0 Å². The second-order valence-electron chi connectivity index (χ2n) is 4.34. The van der Waals surface area contributed by atoms with Crippen LogP contribution in [0.2, 0.25) is 5.02 Å². The molecule has 1 heterocycles. The lowest BCUT2D eigenvalue weighted by atomic mass is 10.0. The average Bonchev–Trinajstić information content (AvgIpc) is 2.86. The summed E-state index contributed by atoms with van der Waals surface area (Å²) in [6.45, 7) is 0. The zero-order valence-corrected chi connectivity index (χ0v) is 14.8. The lowest BCUT2D eigenvalue weighted by molar-refractivity contribution is 0.614. The summed E-state index contributed by atoms with van der Waals surface area (Å²) < 4.78 is 16.2. The normalized spacial score (nSPS) is 12.8. The van der Waals surface area contributed by atoms with Gasteiger partial charge in [-0.2, -0.15) is 0 Å². The third-order valence-electron chi connectivity index (χ3n) is 3.09. The van der Waals surface area contributed by atoms with Gasteiger partial charge in [-0.15, -0.1) is 11.3 Å². The summed E-state index contributed by atoms with van der Waals surface area (Å²) in [5, 5.41) is 3.70. The highest BCUT2D eigenvalue weighted by Gasteiger charge is 2.19. The number of thiophene rings is 1. The van der Waals surface area contributed by atoms with Gasteiger partial charge in [0.2, 0.25) is 0 Å². The number of fused-ring (bicyclic) bond motifs is 1. The van der Waals surface area contributed by atoms with Crippen LogP contribution >= 0.6 is 54.8 Å². The van der Waals surface area contributed by atoms with Gasteiger partial charge in [0.25, 0.3) is 0 Å². The Morgan fingerprint density at radius 3 is 2.75 bits per heavy atom. The molecule has 3 rings (SSSR count). The second-order valence-corrected chi connectivity index (χ2v) is 7.42. The Kier molecular flexibility index (Phi) is 4.18. The van der Waals surface area contributed by atoms with Crippen LogP contribution < -0.4 is 0 Å². The van der Waals surface area contributed by atoms with E-state index in [9.17, 15) is 4.39 Å². The van der Waals surface area contributed by atoms with Gasteiger partial charge in [-0.25, -0.2) is 4.39 Å². The van der Waals surface area contributed by atoms with Crippen molar-refractivity contribution in [2.75, 3.05) is 0 Å². The number of rotatable bonds is 2. The van der Waals surface area contributed by atoms with Gasteiger partial charge >= 0.3 is 0 Å². The number of benzene rings is 2. The van der Waals surface area contributed by atoms with Crippen molar-refractivity contribution in [3.05, 3.63) is 68.2 Å². The monoisotopic (exact) mass is 432 g/mol. The molecule has 0 spiro atoms. The minimum atomic E-state index is -0.259. The Bertz CT molecular complexity index is 785. The van der Waals surface area contributed by atoms with Crippen molar-refractivity contribution in [3.63, 3.8) is 0 Å². The molecule has 0 bridgehead atoms. The fraction of sp³-hybridized carbons (Fsp3) is 0.0667. The van der Waals surface area contributed by atoms with Crippen LogP contribution in [-0.2, 0) is 0 Å². The third kappa shape index (κ3) is 2.54. The van der Waals surface area contributed by atoms with Crippen molar-refractivity contribution in [1.29, 1.82) is 0 Å². The SMILES string of the molecule is Fc1ccc(Cl)cc1C(Br)c1csc2c(Br)cccc12. The van der Waals surface area contributed by atoms with Gasteiger partial charge < -0.3 is 0 Å². The smallest absolute Gasteiger partial charge is 0.127 e. The molecule has 102 valence electrons. The van der Waals surface area contributed by atoms with E-state index >= 15 is 0 Å². The molecule has 0 aliphatic rings. The van der Waals surface area contributed by atoms with Crippen LogP contribution in [-0.4, -0.2) is 0 Å². The summed E-state index contributed by atoms with van der Waals surface area (Å²) in [5.74, 6) is -0.259. The fourth-order valence-corrected chi connectivity index (χ4v) is 4.85. The highest BCUT2D eigenvalue weighted by molar-refractivity contribution is 9.10. The molecule has 0 fully saturated rings. The predicted octanol–water partition coefficient (Wildman–Crippen LogP) is 6.94. The summed E-state index contributed by atoms with van der Waals surface area (Å²) in [7, 11) is 0. The Labute approximate surface area is 141 Å². The van der Waals surface area contributed by atoms with Crippen molar-refractivity contribution in [3.8, 4) is 0 Å². The Morgan fingerprint density at radius 1 is 1.15 bits per heavy atom. The lowest BCUT2D eigenvalue weighted by Crippen LogP contribution is -1.95. The molecule has 0 saturated carbocycles. The highest BCUT2D eigenvalue weighted by atomic mass is 79.9. The minimum absolute atomic E-state index is 0.218. The molecule has 0 aliphatic carbocycles. The summed E-state index contributed by atoms with van der Waals surface area (Å²) in [4.78, 5) is -0.218. The maximum Gasteiger partial charge on any atom is 0.127 e. The molecule has 3 aromatic rings. The molecule has 1 aromatic heterocycles. The zero-order valence-electron chi connectivity index (χ0n) is 10.0. The first-order valence-corrected chi connectivity index (χ1v) is 8.79. The van der Waals surface area contributed by atoms with E-state index in [2.05, 4.69) is 37.2 Å². The number of alkyl halides is 1. The van der Waals surface area contributed by atoms with E-state index < -0.39 is 0 Å². The van der Waals surface area contributed by atoms with Crippen molar-refractivity contribution < 1.29 is 4.39 Å². The standard InChI is InChI=1S/C15H8Br2ClFS/c16-12-3-1-2-9-11(7-20-15(9)12)14(17)10-6-8(18)4-5-13(10)19/h1-7,14H. The van der Waals surface area contributed by atoms with Gasteiger partial charge in [0.05, 0.1) is 4.83 Å². The first-order valence-electron chi connectivity index (χ1n) is 5.82. The molecule has 0 saturated heterocycles. The number of hydrogen-bond donors (Lipinski definition) is 0. The summed E-state index contributed by atoms with van der Waals surface area (Å²) in [6, 6.07) is 10.7. The van der Waals surface area contributed by atoms with E-state index in [-0.39, 0.29) is 10.6 Å². The van der Waals surface area contributed by atoms with Crippen LogP contribution in [0, 0.1) is 5.82 Å². The molecular weight excluding hydrogens is 426 g/mol. The molecule has 2 aromatic carbocycles. The molecule has 20 heavy (non-hydrogen) atoms. The van der Waals surface area contributed by atoms with Crippen LogP contribution in [0.1, 0.15) is 16.0 Å².